The number of nitrogens with zero attached hydrogens (tertiary/aromatic N) is 1. The molecule has 24 heavy (non-hydrogen) atoms. The van der Waals surface area contributed by atoms with Crippen LogP contribution in [0.15, 0.2) is 47.5 Å². The monoisotopic (exact) mass is 329 g/mol. The second-order valence-corrected chi connectivity index (χ2v) is 5.56. The van der Waals surface area contributed by atoms with Crippen LogP contribution < -0.4 is 20.5 Å². The van der Waals surface area contributed by atoms with Gasteiger partial charge in [-0.15, -0.1) is 0 Å². The number of ether oxygens (including phenoxy) is 2. The molecule has 126 valence electrons. The van der Waals surface area contributed by atoms with Gasteiger partial charge in [0.25, 0.3) is 0 Å². The highest BCUT2D eigenvalue weighted by atomic mass is 19.1. The first kappa shape index (κ1) is 16.1. The van der Waals surface area contributed by atoms with E-state index in [0.717, 1.165) is 23.3 Å². The number of halogens is 1. The maximum absolute atomic E-state index is 13.4. The molecule has 0 aliphatic carbocycles. The molecule has 1 atom stereocenters. The number of nitrogens with two attached hydrogens (primary N) is 1. The van der Waals surface area contributed by atoms with E-state index in [9.17, 15) is 4.39 Å². The van der Waals surface area contributed by atoms with E-state index in [1.54, 1.807) is 13.2 Å². The Hall–Kier alpha value is -2.76. The van der Waals surface area contributed by atoms with E-state index < -0.39 is 0 Å². The van der Waals surface area contributed by atoms with Crippen molar-refractivity contribution in [1.82, 2.24) is 5.32 Å². The molecule has 0 saturated carbocycles. The number of guanidine groups is 1. The molecule has 0 aromatic heterocycles. The van der Waals surface area contributed by atoms with E-state index in [0.29, 0.717) is 24.9 Å². The normalized spacial score (nSPS) is 16.4. The fourth-order valence-corrected chi connectivity index (χ4v) is 2.63. The predicted octanol–water partition coefficient (Wildman–Crippen LogP) is 2.41. The summed E-state index contributed by atoms with van der Waals surface area (Å²) in [6.07, 6.45) is 0.777. The van der Waals surface area contributed by atoms with Gasteiger partial charge in [0.2, 0.25) is 0 Å². The molecule has 0 spiro atoms. The molecule has 3 rings (SSSR count). The number of aliphatic imine (C=N–C) groups is 1. The van der Waals surface area contributed by atoms with E-state index in [2.05, 4.69) is 10.3 Å². The molecule has 3 N–H and O–H groups in total. The van der Waals surface area contributed by atoms with Crippen LogP contribution in [0.2, 0.25) is 0 Å². The Morgan fingerprint density at radius 2 is 2.12 bits per heavy atom. The maximum atomic E-state index is 13.4. The van der Waals surface area contributed by atoms with E-state index >= 15 is 0 Å². The Kier molecular flexibility index (Phi) is 4.84. The van der Waals surface area contributed by atoms with Crippen LogP contribution in [0, 0.1) is 5.82 Å². The summed E-state index contributed by atoms with van der Waals surface area (Å²) in [6.45, 7) is 0.974. The molecule has 1 unspecified atom stereocenters. The summed E-state index contributed by atoms with van der Waals surface area (Å²) in [7, 11) is 1.64. The zero-order chi connectivity index (χ0) is 16.9. The summed E-state index contributed by atoms with van der Waals surface area (Å²) in [5.74, 6) is 1.55. The average molecular weight is 329 g/mol. The number of nitrogens with one attached hydrogen (secondary N) is 1. The standard InChI is InChI=1S/C18H20FN3O2/c1-23-14-5-2-12(3-6-14)8-9-21-18(20)22-16-11-24-17-7-4-13(19)10-15(16)17/h2-7,10,16H,8-9,11H2,1H3,(H3,20,21,22). The zero-order valence-electron chi connectivity index (χ0n) is 13.5. The van der Waals surface area contributed by atoms with Gasteiger partial charge in [0.05, 0.1) is 13.2 Å². The number of methoxy groups -OCH3 is 1. The zero-order valence-corrected chi connectivity index (χ0v) is 13.5. The molecule has 5 nitrogen and oxygen atoms in total. The van der Waals surface area contributed by atoms with E-state index in [-0.39, 0.29) is 11.9 Å². The Labute approximate surface area is 140 Å². The lowest BCUT2D eigenvalue weighted by Crippen LogP contribution is -2.36. The Morgan fingerprint density at radius 3 is 2.88 bits per heavy atom. The van der Waals surface area contributed by atoms with Crippen molar-refractivity contribution in [3.8, 4) is 11.5 Å². The molecule has 0 fully saturated rings. The van der Waals surface area contributed by atoms with Crippen molar-refractivity contribution >= 4 is 5.96 Å². The third kappa shape index (κ3) is 3.76. The second kappa shape index (κ2) is 7.21. The lowest BCUT2D eigenvalue weighted by atomic mass is 10.1. The van der Waals surface area contributed by atoms with Gasteiger partial charge in [0.1, 0.15) is 23.9 Å². The summed E-state index contributed by atoms with van der Waals surface area (Å²) < 4.78 is 24.0. The van der Waals surface area contributed by atoms with Crippen LogP contribution >= 0.6 is 0 Å². The maximum Gasteiger partial charge on any atom is 0.189 e. The SMILES string of the molecule is COc1ccc(CCN=C(N)NC2COc3ccc(F)cc32)cc1. The fraction of sp³-hybridized carbons (Fsp3) is 0.278. The molecule has 1 aliphatic heterocycles. The van der Waals surface area contributed by atoms with E-state index in [1.807, 2.05) is 24.3 Å². The molecule has 0 amide bonds. The van der Waals surface area contributed by atoms with Crippen LogP contribution in [-0.4, -0.2) is 26.2 Å². The third-order valence-electron chi connectivity index (χ3n) is 3.92. The Bertz CT molecular complexity index is 732. The molecular weight excluding hydrogens is 309 g/mol. The van der Waals surface area contributed by atoms with Gasteiger partial charge in [-0.1, -0.05) is 12.1 Å². The Morgan fingerprint density at radius 1 is 1.33 bits per heavy atom. The minimum Gasteiger partial charge on any atom is -0.497 e. The smallest absolute Gasteiger partial charge is 0.189 e. The van der Waals surface area contributed by atoms with Crippen molar-refractivity contribution in [2.75, 3.05) is 20.3 Å². The van der Waals surface area contributed by atoms with Crippen LogP contribution in [0.25, 0.3) is 0 Å². The molecule has 6 heteroatoms. The lowest BCUT2D eigenvalue weighted by molar-refractivity contribution is 0.324. The molecule has 0 saturated heterocycles. The molecule has 1 aliphatic rings. The molecule has 0 bridgehead atoms. The number of benzene rings is 2. The number of hydrogen-bond donors (Lipinski definition) is 2. The van der Waals surface area contributed by atoms with Crippen LogP contribution in [-0.2, 0) is 6.42 Å². The topological polar surface area (TPSA) is 68.9 Å². The van der Waals surface area contributed by atoms with E-state index in [1.165, 1.54) is 12.1 Å². The first-order valence-corrected chi connectivity index (χ1v) is 7.77. The van der Waals surface area contributed by atoms with Crippen molar-refractivity contribution in [2.45, 2.75) is 12.5 Å². The quantitative estimate of drug-likeness (QED) is 0.653. The van der Waals surface area contributed by atoms with Crippen LogP contribution in [0.4, 0.5) is 4.39 Å². The van der Waals surface area contributed by atoms with Crippen molar-refractivity contribution < 1.29 is 13.9 Å². The minimum absolute atomic E-state index is 0.180. The van der Waals surface area contributed by atoms with Gasteiger partial charge in [-0.05, 0) is 42.3 Å². The van der Waals surface area contributed by atoms with Gasteiger partial charge in [0, 0.05) is 12.1 Å². The highest BCUT2D eigenvalue weighted by molar-refractivity contribution is 5.78. The molecule has 2 aromatic carbocycles. The first-order valence-electron chi connectivity index (χ1n) is 7.77. The van der Waals surface area contributed by atoms with Gasteiger partial charge in [-0.25, -0.2) is 4.39 Å². The van der Waals surface area contributed by atoms with Gasteiger partial charge in [0.15, 0.2) is 5.96 Å². The van der Waals surface area contributed by atoms with Gasteiger partial charge < -0.3 is 20.5 Å². The van der Waals surface area contributed by atoms with Gasteiger partial charge in [-0.3, -0.25) is 4.99 Å². The summed E-state index contributed by atoms with van der Waals surface area (Å²) in [6, 6.07) is 12.1. The third-order valence-corrected chi connectivity index (χ3v) is 3.92. The number of hydrogen-bond acceptors (Lipinski definition) is 3. The summed E-state index contributed by atoms with van der Waals surface area (Å²) >= 11 is 0. The summed E-state index contributed by atoms with van der Waals surface area (Å²) in [5, 5.41) is 3.08. The van der Waals surface area contributed by atoms with E-state index in [4.69, 9.17) is 15.2 Å². The minimum atomic E-state index is -0.291. The number of rotatable bonds is 5. The average Bonchev–Trinajstić information content (AvgIpc) is 2.97. The van der Waals surface area contributed by atoms with Crippen molar-refractivity contribution in [3.63, 3.8) is 0 Å². The summed E-state index contributed by atoms with van der Waals surface area (Å²) in [5.41, 5.74) is 7.85. The van der Waals surface area contributed by atoms with Crippen LogP contribution in [0.5, 0.6) is 11.5 Å². The molecule has 2 aromatic rings. The highest BCUT2D eigenvalue weighted by Crippen LogP contribution is 2.32. The predicted molar refractivity (Wildman–Crippen MR) is 91.0 cm³/mol. The largest absolute Gasteiger partial charge is 0.497 e. The van der Waals surface area contributed by atoms with Gasteiger partial charge >= 0.3 is 0 Å². The van der Waals surface area contributed by atoms with Crippen molar-refractivity contribution in [2.24, 2.45) is 10.7 Å². The van der Waals surface area contributed by atoms with Gasteiger partial charge in [-0.2, -0.15) is 0 Å². The highest BCUT2D eigenvalue weighted by Gasteiger charge is 2.24. The molecular formula is C18H20FN3O2. The summed E-state index contributed by atoms with van der Waals surface area (Å²) in [4.78, 5) is 4.32. The van der Waals surface area contributed by atoms with Crippen molar-refractivity contribution in [1.29, 1.82) is 0 Å². The molecule has 0 radical (unpaired) electrons. The first-order chi connectivity index (χ1) is 11.7. The fourth-order valence-electron chi connectivity index (χ4n) is 2.63. The lowest BCUT2D eigenvalue weighted by Gasteiger charge is -2.12. The molecule has 1 heterocycles. The van der Waals surface area contributed by atoms with Crippen molar-refractivity contribution in [3.05, 3.63) is 59.4 Å². The second-order valence-electron chi connectivity index (χ2n) is 5.56. The van der Waals surface area contributed by atoms with Crippen LogP contribution in [0.1, 0.15) is 17.2 Å². The van der Waals surface area contributed by atoms with Crippen LogP contribution in [0.3, 0.4) is 0 Å². The number of fused-ring (bicyclic) bond motifs is 1. The Balaban J connectivity index is 1.54.